The van der Waals surface area contributed by atoms with Crippen molar-refractivity contribution in [1.82, 2.24) is 0 Å². The molecule has 0 saturated heterocycles. The summed E-state index contributed by atoms with van der Waals surface area (Å²) < 4.78 is 0. The van der Waals surface area contributed by atoms with Crippen LogP contribution in [0.5, 0.6) is 11.5 Å². The zero-order valence-corrected chi connectivity index (χ0v) is 8.07. The summed E-state index contributed by atoms with van der Waals surface area (Å²) in [7, 11) is 0. The van der Waals surface area contributed by atoms with Gasteiger partial charge in [0.2, 0.25) is 0 Å². The normalized spacial score (nSPS) is 25.9. The second kappa shape index (κ2) is 3.17. The Labute approximate surface area is 82.6 Å². The Hall–Kier alpha value is -1.22. The molecule has 3 nitrogen and oxygen atoms in total. The molecule has 0 aromatic heterocycles. The molecule has 1 aliphatic rings. The van der Waals surface area contributed by atoms with Gasteiger partial charge in [-0.05, 0) is 30.4 Å². The van der Waals surface area contributed by atoms with Crippen molar-refractivity contribution >= 4 is 0 Å². The van der Waals surface area contributed by atoms with E-state index < -0.39 is 0 Å². The van der Waals surface area contributed by atoms with Gasteiger partial charge in [0, 0.05) is 11.6 Å². The maximum absolute atomic E-state index is 9.65. The molecule has 14 heavy (non-hydrogen) atoms. The first kappa shape index (κ1) is 9.34. The van der Waals surface area contributed by atoms with Crippen molar-refractivity contribution in [2.24, 2.45) is 0 Å². The Bertz CT molecular complexity index is 360. The van der Waals surface area contributed by atoms with E-state index in [-0.39, 0.29) is 23.5 Å². The summed E-state index contributed by atoms with van der Waals surface area (Å²) in [6, 6.07) is 2.97. The maximum atomic E-state index is 9.65. The van der Waals surface area contributed by atoms with Crippen LogP contribution in [-0.2, 0) is 6.42 Å². The van der Waals surface area contributed by atoms with Crippen molar-refractivity contribution in [3.63, 3.8) is 0 Å². The highest BCUT2D eigenvalue weighted by molar-refractivity contribution is 5.48. The van der Waals surface area contributed by atoms with Crippen LogP contribution < -0.4 is 0 Å². The fourth-order valence-electron chi connectivity index (χ4n) is 2.28. The molecular formula is C11H14O3. The molecule has 3 N–H and O–H groups in total. The van der Waals surface area contributed by atoms with Crippen molar-refractivity contribution < 1.29 is 15.3 Å². The molecule has 1 aromatic rings. The average molecular weight is 194 g/mol. The molecule has 2 atom stereocenters. The van der Waals surface area contributed by atoms with Gasteiger partial charge in [-0.2, -0.15) is 0 Å². The van der Waals surface area contributed by atoms with Gasteiger partial charge >= 0.3 is 0 Å². The fraction of sp³-hybridized carbons (Fsp3) is 0.455. The van der Waals surface area contributed by atoms with Crippen molar-refractivity contribution in [2.75, 3.05) is 0 Å². The Morgan fingerprint density at radius 3 is 2.71 bits per heavy atom. The molecule has 0 spiro atoms. The maximum Gasteiger partial charge on any atom is 0.123 e. The minimum Gasteiger partial charge on any atom is -0.508 e. The molecule has 0 heterocycles. The number of hydrogen-bond donors (Lipinski definition) is 3. The average Bonchev–Trinajstić information content (AvgIpc) is 1.99. The fourth-order valence-corrected chi connectivity index (χ4v) is 2.28. The number of benzene rings is 1. The third-order valence-corrected chi connectivity index (χ3v) is 2.80. The number of hydrogen-bond acceptors (Lipinski definition) is 3. The van der Waals surface area contributed by atoms with Crippen molar-refractivity contribution in [1.29, 1.82) is 0 Å². The summed E-state index contributed by atoms with van der Waals surface area (Å²) >= 11 is 0. The van der Waals surface area contributed by atoms with Crippen LogP contribution in [0.4, 0.5) is 0 Å². The van der Waals surface area contributed by atoms with E-state index in [9.17, 15) is 15.3 Å². The van der Waals surface area contributed by atoms with E-state index in [2.05, 4.69) is 0 Å². The van der Waals surface area contributed by atoms with E-state index in [1.807, 2.05) is 6.92 Å². The quantitative estimate of drug-likeness (QED) is 0.586. The van der Waals surface area contributed by atoms with E-state index in [0.29, 0.717) is 12.8 Å². The van der Waals surface area contributed by atoms with Crippen LogP contribution in [-0.4, -0.2) is 21.4 Å². The van der Waals surface area contributed by atoms with Gasteiger partial charge in [0.15, 0.2) is 0 Å². The van der Waals surface area contributed by atoms with Gasteiger partial charge in [-0.3, -0.25) is 0 Å². The molecule has 2 rings (SSSR count). The lowest BCUT2D eigenvalue weighted by Gasteiger charge is -2.27. The molecule has 0 radical (unpaired) electrons. The number of aliphatic hydroxyl groups excluding tert-OH is 1. The van der Waals surface area contributed by atoms with Crippen LogP contribution in [0.1, 0.15) is 30.4 Å². The first-order chi connectivity index (χ1) is 6.58. The molecule has 0 amide bonds. The third-order valence-electron chi connectivity index (χ3n) is 2.80. The Morgan fingerprint density at radius 1 is 1.29 bits per heavy atom. The predicted molar refractivity (Wildman–Crippen MR) is 52.5 cm³/mol. The van der Waals surface area contributed by atoms with Crippen LogP contribution in [0.25, 0.3) is 0 Å². The van der Waals surface area contributed by atoms with Gasteiger partial charge in [-0.15, -0.1) is 0 Å². The minimum absolute atomic E-state index is 0.0579. The van der Waals surface area contributed by atoms with E-state index in [4.69, 9.17) is 0 Å². The highest BCUT2D eigenvalue weighted by atomic mass is 16.3. The number of phenols is 2. The molecular weight excluding hydrogens is 180 g/mol. The van der Waals surface area contributed by atoms with Gasteiger partial charge in [0.25, 0.3) is 0 Å². The molecule has 0 bridgehead atoms. The molecule has 1 aromatic carbocycles. The second-order valence-electron chi connectivity index (χ2n) is 4.03. The zero-order chi connectivity index (χ0) is 10.3. The number of fused-ring (bicyclic) bond motifs is 1. The number of aliphatic hydroxyl groups is 1. The lowest BCUT2D eigenvalue weighted by molar-refractivity contribution is 0.148. The van der Waals surface area contributed by atoms with E-state index in [1.165, 1.54) is 6.07 Å². The first-order valence-electron chi connectivity index (χ1n) is 4.80. The zero-order valence-electron chi connectivity index (χ0n) is 8.07. The summed E-state index contributed by atoms with van der Waals surface area (Å²) in [5.74, 6) is 0.344. The molecule has 76 valence electrons. The van der Waals surface area contributed by atoms with E-state index in [0.717, 1.165) is 11.1 Å². The van der Waals surface area contributed by atoms with Crippen LogP contribution in [0.2, 0.25) is 0 Å². The van der Waals surface area contributed by atoms with Gasteiger partial charge in [0.1, 0.15) is 11.5 Å². The van der Waals surface area contributed by atoms with Crippen LogP contribution in [0.15, 0.2) is 12.1 Å². The van der Waals surface area contributed by atoms with E-state index in [1.54, 1.807) is 6.07 Å². The van der Waals surface area contributed by atoms with Gasteiger partial charge in [-0.1, -0.05) is 6.92 Å². The molecule has 0 fully saturated rings. The Balaban J connectivity index is 2.53. The minimum atomic E-state index is -0.362. The molecule has 3 heteroatoms. The molecule has 0 aliphatic heterocycles. The largest absolute Gasteiger partial charge is 0.508 e. The Kier molecular flexibility index (Phi) is 2.11. The highest BCUT2D eigenvalue weighted by Crippen LogP contribution is 2.39. The lowest BCUT2D eigenvalue weighted by atomic mass is 9.82. The topological polar surface area (TPSA) is 60.7 Å². The molecule has 1 aliphatic carbocycles. The van der Waals surface area contributed by atoms with Gasteiger partial charge in [0.05, 0.1) is 6.10 Å². The highest BCUT2D eigenvalue weighted by Gasteiger charge is 2.25. The van der Waals surface area contributed by atoms with Crippen molar-refractivity contribution in [3.05, 3.63) is 23.3 Å². The lowest BCUT2D eigenvalue weighted by Crippen LogP contribution is -2.21. The predicted octanol–water partition coefficient (Wildman–Crippen LogP) is 1.51. The summed E-state index contributed by atoms with van der Waals surface area (Å²) in [6.45, 7) is 1.97. The number of rotatable bonds is 0. The summed E-state index contributed by atoms with van der Waals surface area (Å²) in [5, 5.41) is 28.5. The number of phenolic OH excluding ortho intramolecular Hbond substituents is 2. The van der Waals surface area contributed by atoms with Crippen molar-refractivity contribution in [2.45, 2.75) is 31.8 Å². The van der Waals surface area contributed by atoms with Gasteiger partial charge in [-0.25, -0.2) is 0 Å². The monoisotopic (exact) mass is 194 g/mol. The smallest absolute Gasteiger partial charge is 0.123 e. The third kappa shape index (κ3) is 1.44. The molecule has 2 unspecified atom stereocenters. The number of aromatic hydroxyl groups is 2. The summed E-state index contributed by atoms with van der Waals surface area (Å²) in [4.78, 5) is 0. The van der Waals surface area contributed by atoms with Crippen molar-refractivity contribution in [3.8, 4) is 11.5 Å². The molecule has 0 saturated carbocycles. The first-order valence-corrected chi connectivity index (χ1v) is 4.80. The van der Waals surface area contributed by atoms with E-state index >= 15 is 0 Å². The van der Waals surface area contributed by atoms with Crippen LogP contribution >= 0.6 is 0 Å². The van der Waals surface area contributed by atoms with Gasteiger partial charge < -0.3 is 15.3 Å². The van der Waals surface area contributed by atoms with Crippen LogP contribution in [0, 0.1) is 0 Å². The summed E-state index contributed by atoms with van der Waals surface area (Å²) in [6.07, 6.45) is 0.825. The standard InChI is InChI=1S/C11H14O3/c1-6-2-8(12)3-7-4-9(13)5-10(14)11(6)7/h4-6,8,12-14H,2-3H2,1H3. The summed E-state index contributed by atoms with van der Waals surface area (Å²) in [5.41, 5.74) is 1.72. The second-order valence-corrected chi connectivity index (χ2v) is 4.03. The SMILES string of the molecule is CC1CC(O)Cc2cc(O)cc(O)c21. The van der Waals surface area contributed by atoms with Crippen LogP contribution in [0.3, 0.4) is 0 Å². The Morgan fingerprint density at radius 2 is 2.00 bits per heavy atom.